The molecule has 3 N–H and O–H groups in total. The number of phenols is 1. The van der Waals surface area contributed by atoms with Crippen LogP contribution >= 0.6 is 0 Å². The van der Waals surface area contributed by atoms with E-state index in [1.807, 2.05) is 19.1 Å². The summed E-state index contributed by atoms with van der Waals surface area (Å²) < 4.78 is 5.24. The Hall–Kier alpha value is -1.48. The van der Waals surface area contributed by atoms with Crippen molar-refractivity contribution >= 4 is 6.08 Å². The summed E-state index contributed by atoms with van der Waals surface area (Å²) in [5.41, 5.74) is 6.05. The van der Waals surface area contributed by atoms with Crippen molar-refractivity contribution in [1.82, 2.24) is 0 Å². The maximum atomic E-state index is 9.73. The molecule has 0 radical (unpaired) electrons. The summed E-state index contributed by atoms with van der Waals surface area (Å²) in [6, 6.07) is 5.38. The Morgan fingerprint density at radius 2 is 2.29 bits per heavy atom. The lowest BCUT2D eigenvalue weighted by molar-refractivity contribution is 0.318. The average Bonchev–Trinajstić information content (AvgIpc) is 2.20. The Balaban J connectivity index is 2.95. The Bertz CT molecular complexity index is 321. The maximum absolute atomic E-state index is 9.73. The first kappa shape index (κ1) is 10.6. The van der Waals surface area contributed by atoms with Gasteiger partial charge in [0.2, 0.25) is 0 Å². The second kappa shape index (κ2) is 5.29. The summed E-state index contributed by atoms with van der Waals surface area (Å²) in [4.78, 5) is 0. The molecule has 0 spiro atoms. The predicted octanol–water partition coefficient (Wildman–Crippen LogP) is 1.76. The Labute approximate surface area is 83.8 Å². The van der Waals surface area contributed by atoms with Crippen molar-refractivity contribution in [2.24, 2.45) is 5.73 Å². The number of hydrogen-bond acceptors (Lipinski definition) is 3. The fourth-order valence-corrected chi connectivity index (χ4v) is 1.14. The molecule has 0 aliphatic rings. The highest BCUT2D eigenvalue weighted by atomic mass is 16.5. The fourth-order valence-electron chi connectivity index (χ4n) is 1.14. The third kappa shape index (κ3) is 2.50. The van der Waals surface area contributed by atoms with E-state index in [0.29, 0.717) is 18.9 Å². The molecule has 1 rings (SSSR count). The number of phenolic OH excluding ortho intramolecular Hbond substituents is 1. The second-order valence-corrected chi connectivity index (χ2v) is 2.77. The van der Waals surface area contributed by atoms with Crippen molar-refractivity contribution in [2.45, 2.75) is 6.92 Å². The van der Waals surface area contributed by atoms with Crippen molar-refractivity contribution in [3.8, 4) is 11.5 Å². The molecule has 3 nitrogen and oxygen atoms in total. The average molecular weight is 193 g/mol. The number of aromatic hydroxyl groups is 1. The smallest absolute Gasteiger partial charge is 0.165 e. The van der Waals surface area contributed by atoms with Gasteiger partial charge in [-0.15, -0.1) is 0 Å². The fraction of sp³-hybridized carbons (Fsp3) is 0.273. The van der Waals surface area contributed by atoms with Gasteiger partial charge in [-0.25, -0.2) is 0 Å². The minimum atomic E-state index is 0.166. The van der Waals surface area contributed by atoms with Crippen LogP contribution in [0.1, 0.15) is 12.5 Å². The van der Waals surface area contributed by atoms with Crippen LogP contribution in [0.2, 0.25) is 0 Å². The van der Waals surface area contributed by atoms with Gasteiger partial charge < -0.3 is 15.6 Å². The molecule has 1 aromatic carbocycles. The number of rotatable bonds is 4. The number of benzene rings is 1. The van der Waals surface area contributed by atoms with E-state index < -0.39 is 0 Å². The third-order valence-corrected chi connectivity index (χ3v) is 1.76. The monoisotopic (exact) mass is 193 g/mol. The highest BCUT2D eigenvalue weighted by Gasteiger charge is 2.04. The minimum absolute atomic E-state index is 0.166. The van der Waals surface area contributed by atoms with Gasteiger partial charge in [-0.2, -0.15) is 0 Å². The van der Waals surface area contributed by atoms with Crippen LogP contribution in [0.5, 0.6) is 11.5 Å². The van der Waals surface area contributed by atoms with E-state index in [1.54, 1.807) is 18.2 Å². The molecular formula is C11H15NO2. The molecule has 0 bridgehead atoms. The molecular weight excluding hydrogens is 178 g/mol. The molecule has 1 aromatic rings. The summed E-state index contributed by atoms with van der Waals surface area (Å²) in [6.45, 7) is 2.87. The zero-order chi connectivity index (χ0) is 10.4. The quantitative estimate of drug-likeness (QED) is 0.766. The van der Waals surface area contributed by atoms with Gasteiger partial charge in [-0.05, 0) is 13.0 Å². The van der Waals surface area contributed by atoms with Gasteiger partial charge in [0.05, 0.1) is 6.61 Å². The van der Waals surface area contributed by atoms with Gasteiger partial charge in [0.15, 0.2) is 11.5 Å². The van der Waals surface area contributed by atoms with Crippen LogP contribution in [-0.2, 0) is 0 Å². The SMILES string of the molecule is CCOc1cccc(C=CCN)c1O. The summed E-state index contributed by atoms with van der Waals surface area (Å²) in [6.07, 6.45) is 3.56. The second-order valence-electron chi connectivity index (χ2n) is 2.77. The topological polar surface area (TPSA) is 55.5 Å². The molecule has 0 unspecified atom stereocenters. The highest BCUT2D eigenvalue weighted by Crippen LogP contribution is 2.30. The lowest BCUT2D eigenvalue weighted by Gasteiger charge is -2.07. The normalized spacial score (nSPS) is 10.7. The van der Waals surface area contributed by atoms with E-state index in [2.05, 4.69) is 0 Å². The van der Waals surface area contributed by atoms with Crippen molar-refractivity contribution < 1.29 is 9.84 Å². The van der Waals surface area contributed by atoms with E-state index in [-0.39, 0.29) is 5.75 Å². The van der Waals surface area contributed by atoms with E-state index >= 15 is 0 Å². The van der Waals surface area contributed by atoms with Gasteiger partial charge in [0, 0.05) is 12.1 Å². The van der Waals surface area contributed by atoms with E-state index in [0.717, 1.165) is 5.56 Å². The predicted molar refractivity (Wildman–Crippen MR) is 57.4 cm³/mol. The molecule has 76 valence electrons. The van der Waals surface area contributed by atoms with Crippen LogP contribution in [0.3, 0.4) is 0 Å². The first-order chi connectivity index (χ1) is 6.79. The van der Waals surface area contributed by atoms with E-state index in [9.17, 15) is 5.11 Å². The molecule has 0 aliphatic carbocycles. The Kier molecular flexibility index (Phi) is 4.01. The van der Waals surface area contributed by atoms with Crippen LogP contribution in [0.4, 0.5) is 0 Å². The molecule has 0 aliphatic heterocycles. The number of nitrogens with two attached hydrogens (primary N) is 1. The van der Waals surface area contributed by atoms with Crippen LogP contribution in [-0.4, -0.2) is 18.3 Å². The molecule has 0 aromatic heterocycles. The summed E-state index contributed by atoms with van der Waals surface area (Å²) >= 11 is 0. The zero-order valence-corrected chi connectivity index (χ0v) is 8.23. The van der Waals surface area contributed by atoms with Gasteiger partial charge in [0.1, 0.15) is 0 Å². The number of para-hydroxylation sites is 1. The molecule has 3 heteroatoms. The van der Waals surface area contributed by atoms with E-state index in [4.69, 9.17) is 10.5 Å². The molecule has 0 atom stereocenters. The zero-order valence-electron chi connectivity index (χ0n) is 8.23. The lowest BCUT2D eigenvalue weighted by Crippen LogP contribution is -1.93. The van der Waals surface area contributed by atoms with Crippen LogP contribution < -0.4 is 10.5 Å². The number of hydrogen-bond donors (Lipinski definition) is 2. The maximum Gasteiger partial charge on any atom is 0.165 e. The molecule has 0 saturated heterocycles. The van der Waals surface area contributed by atoms with Gasteiger partial charge in [0.25, 0.3) is 0 Å². The van der Waals surface area contributed by atoms with Crippen LogP contribution in [0.25, 0.3) is 6.08 Å². The van der Waals surface area contributed by atoms with Crippen molar-refractivity contribution in [1.29, 1.82) is 0 Å². The Morgan fingerprint density at radius 3 is 2.93 bits per heavy atom. The summed E-state index contributed by atoms with van der Waals surface area (Å²) in [5.74, 6) is 0.672. The standard InChI is InChI=1S/C11H15NO2/c1-2-14-10-7-3-5-9(11(10)13)6-4-8-12/h3-7,13H,2,8,12H2,1H3. The van der Waals surface area contributed by atoms with E-state index in [1.165, 1.54) is 0 Å². The summed E-state index contributed by atoms with van der Waals surface area (Å²) in [5, 5.41) is 9.73. The molecule has 0 fully saturated rings. The van der Waals surface area contributed by atoms with Crippen molar-refractivity contribution in [2.75, 3.05) is 13.2 Å². The first-order valence-electron chi connectivity index (χ1n) is 4.61. The third-order valence-electron chi connectivity index (χ3n) is 1.76. The highest BCUT2D eigenvalue weighted by molar-refractivity contribution is 5.61. The van der Waals surface area contributed by atoms with Crippen molar-refractivity contribution in [3.63, 3.8) is 0 Å². The Morgan fingerprint density at radius 1 is 1.50 bits per heavy atom. The number of ether oxygens (including phenoxy) is 1. The van der Waals surface area contributed by atoms with Crippen LogP contribution in [0.15, 0.2) is 24.3 Å². The molecule has 0 amide bonds. The first-order valence-corrected chi connectivity index (χ1v) is 4.61. The van der Waals surface area contributed by atoms with Gasteiger partial charge >= 0.3 is 0 Å². The molecule has 0 saturated carbocycles. The minimum Gasteiger partial charge on any atom is -0.504 e. The largest absolute Gasteiger partial charge is 0.504 e. The lowest BCUT2D eigenvalue weighted by atomic mass is 10.1. The molecule has 14 heavy (non-hydrogen) atoms. The van der Waals surface area contributed by atoms with Gasteiger partial charge in [-0.3, -0.25) is 0 Å². The van der Waals surface area contributed by atoms with Crippen molar-refractivity contribution in [3.05, 3.63) is 29.8 Å². The molecule has 0 heterocycles. The van der Waals surface area contributed by atoms with Gasteiger partial charge in [-0.1, -0.05) is 24.3 Å². The van der Waals surface area contributed by atoms with Crippen LogP contribution in [0, 0.1) is 0 Å². The summed E-state index contributed by atoms with van der Waals surface area (Å²) in [7, 11) is 0.